The Balaban J connectivity index is 2.32. The van der Waals surface area contributed by atoms with E-state index >= 15 is 0 Å². The normalized spacial score (nSPS) is 13.9. The van der Waals surface area contributed by atoms with E-state index in [0.717, 1.165) is 17.8 Å². The minimum absolute atomic E-state index is 0.279. The van der Waals surface area contributed by atoms with Gasteiger partial charge in [0, 0.05) is 12.5 Å². The van der Waals surface area contributed by atoms with Crippen LogP contribution in [0.5, 0.6) is 0 Å². The summed E-state index contributed by atoms with van der Waals surface area (Å²) in [7, 11) is 2.14. The minimum atomic E-state index is 0.279. The Labute approximate surface area is 115 Å². The number of rotatable bonds is 6. The van der Waals surface area contributed by atoms with E-state index in [2.05, 4.69) is 39.6 Å². The van der Waals surface area contributed by atoms with Crippen LogP contribution in [0.4, 0.5) is 0 Å². The van der Waals surface area contributed by atoms with Crippen molar-refractivity contribution in [3.63, 3.8) is 0 Å². The molecule has 0 aliphatic rings. The van der Waals surface area contributed by atoms with E-state index in [4.69, 9.17) is 0 Å². The fourth-order valence-corrected chi connectivity index (χ4v) is 2.60. The predicted molar refractivity (Wildman–Crippen MR) is 79.4 cm³/mol. The summed E-state index contributed by atoms with van der Waals surface area (Å²) in [6.45, 7) is 10.00. The van der Waals surface area contributed by atoms with Crippen molar-refractivity contribution in [3.8, 4) is 0 Å². The summed E-state index contributed by atoms with van der Waals surface area (Å²) >= 11 is 1.54. The van der Waals surface area contributed by atoms with Crippen LogP contribution >= 0.6 is 11.3 Å². The van der Waals surface area contributed by atoms with E-state index in [1.165, 1.54) is 11.3 Å². The molecule has 0 spiro atoms. The third kappa shape index (κ3) is 4.54. The summed E-state index contributed by atoms with van der Waals surface area (Å²) in [6.07, 6.45) is 1.59. The highest BCUT2D eigenvalue weighted by Crippen LogP contribution is 2.23. The zero-order valence-electron chi connectivity index (χ0n) is 12.2. The highest BCUT2D eigenvalue weighted by atomic mass is 32.1. The molecule has 1 aromatic rings. The van der Waals surface area contributed by atoms with Crippen LogP contribution in [0.1, 0.15) is 50.2 Å². The average Bonchev–Trinajstić information content (AvgIpc) is 2.79. The molecule has 0 aliphatic heterocycles. The second-order valence-corrected chi connectivity index (χ2v) is 6.97. The molecule has 0 aromatic carbocycles. The molecule has 1 atom stereocenters. The molecule has 0 saturated carbocycles. The molecule has 0 amide bonds. The minimum Gasteiger partial charge on any atom is -0.303 e. The second kappa shape index (κ2) is 6.48. The standard InChI is InChI=1S/C15H25NOS/c1-12(15(2,3)4)16(5)10-6-8-13(17)14-9-7-11-18-14/h7,9,11-12H,6,8,10H2,1-5H3. The van der Waals surface area contributed by atoms with Crippen molar-refractivity contribution >= 4 is 17.1 Å². The maximum Gasteiger partial charge on any atom is 0.172 e. The second-order valence-electron chi connectivity index (χ2n) is 6.03. The summed E-state index contributed by atoms with van der Waals surface area (Å²) in [5.74, 6) is 0.279. The highest BCUT2D eigenvalue weighted by molar-refractivity contribution is 7.12. The molecule has 0 bridgehead atoms. The molecular formula is C15H25NOS. The first-order valence-electron chi connectivity index (χ1n) is 6.59. The van der Waals surface area contributed by atoms with Gasteiger partial charge in [0.2, 0.25) is 0 Å². The predicted octanol–water partition coefficient (Wildman–Crippen LogP) is 4.08. The number of hydrogen-bond donors (Lipinski definition) is 0. The molecule has 18 heavy (non-hydrogen) atoms. The molecule has 1 aromatic heterocycles. The van der Waals surface area contributed by atoms with Gasteiger partial charge in [-0.15, -0.1) is 11.3 Å². The largest absolute Gasteiger partial charge is 0.303 e. The summed E-state index contributed by atoms with van der Waals surface area (Å²) in [5, 5.41) is 1.96. The fraction of sp³-hybridized carbons (Fsp3) is 0.667. The average molecular weight is 267 g/mol. The number of hydrogen-bond acceptors (Lipinski definition) is 3. The van der Waals surface area contributed by atoms with Gasteiger partial charge in [-0.3, -0.25) is 4.79 Å². The van der Waals surface area contributed by atoms with Crippen molar-refractivity contribution in [2.45, 2.75) is 46.6 Å². The Morgan fingerprint density at radius 2 is 2.11 bits per heavy atom. The molecule has 1 unspecified atom stereocenters. The van der Waals surface area contributed by atoms with Crippen LogP contribution in [0.15, 0.2) is 17.5 Å². The van der Waals surface area contributed by atoms with E-state index in [9.17, 15) is 4.79 Å². The number of ketones is 1. The van der Waals surface area contributed by atoms with Crippen molar-refractivity contribution < 1.29 is 4.79 Å². The van der Waals surface area contributed by atoms with Crippen molar-refractivity contribution in [2.24, 2.45) is 5.41 Å². The van der Waals surface area contributed by atoms with E-state index in [1.54, 1.807) is 0 Å². The first-order valence-corrected chi connectivity index (χ1v) is 7.47. The van der Waals surface area contributed by atoms with Crippen LogP contribution in [0.3, 0.4) is 0 Å². The smallest absolute Gasteiger partial charge is 0.172 e. The lowest BCUT2D eigenvalue weighted by atomic mass is 9.87. The van der Waals surface area contributed by atoms with Gasteiger partial charge < -0.3 is 4.90 Å². The number of Topliss-reactive ketones (excluding diaryl/α,β-unsaturated/α-hetero) is 1. The van der Waals surface area contributed by atoms with Gasteiger partial charge in [0.1, 0.15) is 0 Å². The molecular weight excluding hydrogens is 242 g/mol. The summed E-state index contributed by atoms with van der Waals surface area (Å²) < 4.78 is 0. The van der Waals surface area contributed by atoms with Crippen molar-refractivity contribution in [1.29, 1.82) is 0 Å². The van der Waals surface area contributed by atoms with Crippen LogP contribution in [-0.4, -0.2) is 30.3 Å². The summed E-state index contributed by atoms with van der Waals surface area (Å²) in [4.78, 5) is 15.1. The van der Waals surface area contributed by atoms with Gasteiger partial charge in [-0.05, 0) is 43.8 Å². The fourth-order valence-electron chi connectivity index (χ4n) is 1.90. The molecule has 1 heterocycles. The van der Waals surface area contributed by atoms with Gasteiger partial charge in [0.05, 0.1) is 4.88 Å². The van der Waals surface area contributed by atoms with Crippen molar-refractivity contribution in [2.75, 3.05) is 13.6 Å². The zero-order valence-corrected chi connectivity index (χ0v) is 13.0. The first-order chi connectivity index (χ1) is 8.32. The van der Waals surface area contributed by atoms with Gasteiger partial charge in [0.15, 0.2) is 5.78 Å². The lowest BCUT2D eigenvalue weighted by Crippen LogP contribution is -2.39. The maximum absolute atomic E-state index is 11.8. The quantitative estimate of drug-likeness (QED) is 0.724. The third-order valence-electron chi connectivity index (χ3n) is 3.63. The Morgan fingerprint density at radius 1 is 1.44 bits per heavy atom. The lowest BCUT2D eigenvalue weighted by Gasteiger charge is -2.35. The Morgan fingerprint density at radius 3 is 2.61 bits per heavy atom. The van der Waals surface area contributed by atoms with Gasteiger partial charge in [-0.1, -0.05) is 26.8 Å². The number of nitrogens with zero attached hydrogens (tertiary/aromatic N) is 1. The van der Waals surface area contributed by atoms with Crippen molar-refractivity contribution in [1.82, 2.24) is 4.90 Å². The summed E-state index contributed by atoms with van der Waals surface area (Å²) in [5.41, 5.74) is 0.284. The topological polar surface area (TPSA) is 20.3 Å². The molecule has 0 saturated heterocycles. The van der Waals surface area contributed by atoms with E-state index in [1.807, 2.05) is 17.5 Å². The lowest BCUT2D eigenvalue weighted by molar-refractivity contribution is 0.0967. The van der Waals surface area contributed by atoms with Crippen LogP contribution in [0.25, 0.3) is 0 Å². The monoisotopic (exact) mass is 267 g/mol. The van der Waals surface area contributed by atoms with Gasteiger partial charge in [-0.2, -0.15) is 0 Å². The number of thiophene rings is 1. The van der Waals surface area contributed by atoms with Gasteiger partial charge >= 0.3 is 0 Å². The number of carbonyl (C=O) groups is 1. The Bertz CT molecular complexity index is 364. The molecule has 3 heteroatoms. The Hall–Kier alpha value is -0.670. The van der Waals surface area contributed by atoms with Crippen molar-refractivity contribution in [3.05, 3.63) is 22.4 Å². The summed E-state index contributed by atoms with van der Waals surface area (Å²) in [6, 6.07) is 4.37. The van der Waals surface area contributed by atoms with Crippen LogP contribution in [0.2, 0.25) is 0 Å². The number of carbonyl (C=O) groups excluding carboxylic acids is 1. The Kier molecular flexibility index (Phi) is 5.54. The highest BCUT2D eigenvalue weighted by Gasteiger charge is 2.23. The molecule has 0 N–H and O–H groups in total. The molecule has 0 fully saturated rings. The molecule has 1 rings (SSSR count). The SMILES string of the molecule is CC(N(C)CCCC(=O)c1cccs1)C(C)(C)C. The molecule has 0 aliphatic carbocycles. The van der Waals surface area contributed by atoms with E-state index in [0.29, 0.717) is 12.5 Å². The van der Waals surface area contributed by atoms with Crippen LogP contribution < -0.4 is 0 Å². The van der Waals surface area contributed by atoms with Crippen LogP contribution in [0, 0.1) is 5.41 Å². The third-order valence-corrected chi connectivity index (χ3v) is 4.54. The van der Waals surface area contributed by atoms with Gasteiger partial charge in [-0.25, -0.2) is 0 Å². The van der Waals surface area contributed by atoms with E-state index in [-0.39, 0.29) is 11.2 Å². The van der Waals surface area contributed by atoms with E-state index < -0.39 is 0 Å². The molecule has 0 radical (unpaired) electrons. The molecule has 102 valence electrons. The molecule has 2 nitrogen and oxygen atoms in total. The zero-order chi connectivity index (χ0) is 13.8. The van der Waals surface area contributed by atoms with Crippen LogP contribution in [-0.2, 0) is 0 Å². The maximum atomic E-state index is 11.8. The van der Waals surface area contributed by atoms with Gasteiger partial charge in [0.25, 0.3) is 0 Å². The first kappa shape index (κ1) is 15.4.